The summed E-state index contributed by atoms with van der Waals surface area (Å²) in [6, 6.07) is 5.94. The van der Waals surface area contributed by atoms with Gasteiger partial charge in [0.05, 0.1) is 16.1 Å². The number of ether oxygens (including phenoxy) is 1. The van der Waals surface area contributed by atoms with Crippen LogP contribution in [0.3, 0.4) is 0 Å². The Kier molecular flexibility index (Phi) is 5.62. The Labute approximate surface area is 135 Å². The molecule has 3 nitrogen and oxygen atoms in total. The summed E-state index contributed by atoms with van der Waals surface area (Å²) in [5.74, 6) is 0.960. The van der Waals surface area contributed by atoms with Crippen LogP contribution < -0.4 is 10.5 Å². The molecule has 0 spiro atoms. The van der Waals surface area contributed by atoms with E-state index in [0.717, 1.165) is 28.4 Å². The summed E-state index contributed by atoms with van der Waals surface area (Å²) in [5.41, 5.74) is 8.11. The molecule has 5 heteroatoms. The summed E-state index contributed by atoms with van der Waals surface area (Å²) in [5, 5.41) is 3.80. The Morgan fingerprint density at radius 2 is 2.14 bits per heavy atom. The van der Waals surface area contributed by atoms with Gasteiger partial charge in [0.1, 0.15) is 5.75 Å². The minimum atomic E-state index is 0.114. The van der Waals surface area contributed by atoms with Gasteiger partial charge in [0.25, 0.3) is 0 Å². The lowest BCUT2D eigenvalue weighted by Crippen LogP contribution is -2.15. The Morgan fingerprint density at radius 3 is 2.67 bits per heavy atom. The number of hydrogen-bond acceptors (Lipinski definition) is 4. The molecule has 0 bridgehead atoms. The van der Waals surface area contributed by atoms with E-state index >= 15 is 0 Å². The van der Waals surface area contributed by atoms with Crippen molar-refractivity contribution in [1.29, 1.82) is 0 Å². The van der Waals surface area contributed by atoms with Gasteiger partial charge in [-0.25, -0.2) is 4.98 Å². The van der Waals surface area contributed by atoms with E-state index in [2.05, 4.69) is 10.4 Å². The van der Waals surface area contributed by atoms with E-state index in [1.54, 1.807) is 11.3 Å². The molecule has 114 valence electrons. The van der Waals surface area contributed by atoms with Gasteiger partial charge in [-0.05, 0) is 44.9 Å². The monoisotopic (exact) mass is 324 g/mol. The molecule has 0 radical (unpaired) electrons. The first kappa shape index (κ1) is 16.3. The fraction of sp³-hybridized carbons (Fsp3) is 0.438. The van der Waals surface area contributed by atoms with Crippen molar-refractivity contribution in [1.82, 2.24) is 4.98 Å². The van der Waals surface area contributed by atoms with E-state index in [0.29, 0.717) is 11.6 Å². The number of thiazole rings is 1. The molecule has 0 aliphatic carbocycles. The zero-order chi connectivity index (χ0) is 15.4. The van der Waals surface area contributed by atoms with Crippen molar-refractivity contribution in [3.05, 3.63) is 44.9 Å². The zero-order valence-corrected chi connectivity index (χ0v) is 14.2. The summed E-state index contributed by atoms with van der Waals surface area (Å²) < 4.78 is 5.65. The van der Waals surface area contributed by atoms with Crippen LogP contribution in [0.4, 0.5) is 0 Å². The minimum Gasteiger partial charge on any atom is -0.489 e. The molecule has 1 heterocycles. The van der Waals surface area contributed by atoms with Crippen molar-refractivity contribution in [3.8, 4) is 5.75 Å². The predicted molar refractivity (Wildman–Crippen MR) is 89.6 cm³/mol. The molecule has 0 amide bonds. The minimum absolute atomic E-state index is 0.114. The summed E-state index contributed by atoms with van der Waals surface area (Å²) in [6.45, 7) is 6.55. The smallest absolute Gasteiger partial charge is 0.138 e. The quantitative estimate of drug-likeness (QED) is 0.867. The second-order valence-corrected chi connectivity index (χ2v) is 6.69. The van der Waals surface area contributed by atoms with Crippen molar-refractivity contribution < 1.29 is 4.74 Å². The lowest BCUT2D eigenvalue weighted by Gasteiger charge is -2.15. The molecule has 1 unspecified atom stereocenters. The highest BCUT2D eigenvalue weighted by molar-refractivity contribution is 7.09. The predicted octanol–water partition coefficient (Wildman–Crippen LogP) is 4.18. The van der Waals surface area contributed by atoms with Crippen LogP contribution in [0.15, 0.2) is 23.6 Å². The fourth-order valence-corrected chi connectivity index (χ4v) is 3.30. The number of aryl methyl sites for hydroxylation is 1. The molecule has 21 heavy (non-hydrogen) atoms. The van der Waals surface area contributed by atoms with E-state index in [4.69, 9.17) is 22.1 Å². The highest BCUT2D eigenvalue weighted by Crippen LogP contribution is 2.29. The molecule has 0 saturated carbocycles. The zero-order valence-electron chi connectivity index (χ0n) is 12.6. The standard InChI is InChI=1S/C16H21ClN2OS/c1-10(2)20-15-5-4-12(7-14(15)17)6-13(8-18)16-19-11(3)9-21-16/h4-5,7,9-10,13H,6,8,18H2,1-3H3. The molecule has 1 aromatic heterocycles. The highest BCUT2D eigenvalue weighted by Gasteiger charge is 2.15. The Hall–Kier alpha value is -1.10. The molecule has 1 atom stereocenters. The molecular weight excluding hydrogens is 304 g/mol. The van der Waals surface area contributed by atoms with Gasteiger partial charge in [-0.1, -0.05) is 17.7 Å². The maximum absolute atomic E-state index is 6.28. The molecule has 0 aliphatic heterocycles. The lowest BCUT2D eigenvalue weighted by molar-refractivity contribution is 0.242. The van der Waals surface area contributed by atoms with E-state index < -0.39 is 0 Å². The Morgan fingerprint density at radius 1 is 1.38 bits per heavy atom. The molecule has 2 aromatic rings. The van der Waals surface area contributed by atoms with Crippen LogP contribution in [0.5, 0.6) is 5.75 Å². The van der Waals surface area contributed by atoms with Gasteiger partial charge in [-0.2, -0.15) is 0 Å². The maximum atomic E-state index is 6.28. The summed E-state index contributed by atoms with van der Waals surface area (Å²) in [6.07, 6.45) is 0.953. The Balaban J connectivity index is 2.13. The van der Waals surface area contributed by atoms with Crippen LogP contribution in [0.25, 0.3) is 0 Å². The topological polar surface area (TPSA) is 48.1 Å². The average molecular weight is 325 g/mol. The number of rotatable bonds is 6. The molecule has 0 fully saturated rings. The van der Waals surface area contributed by atoms with Crippen molar-refractivity contribution in [2.24, 2.45) is 5.73 Å². The first-order valence-corrected chi connectivity index (χ1v) is 8.32. The van der Waals surface area contributed by atoms with E-state index in [9.17, 15) is 0 Å². The summed E-state index contributed by atoms with van der Waals surface area (Å²) in [4.78, 5) is 4.54. The molecular formula is C16H21ClN2OS. The van der Waals surface area contributed by atoms with E-state index in [-0.39, 0.29) is 12.0 Å². The number of nitrogens with two attached hydrogens (primary N) is 1. The second kappa shape index (κ2) is 7.25. The lowest BCUT2D eigenvalue weighted by atomic mass is 10.00. The maximum Gasteiger partial charge on any atom is 0.138 e. The molecule has 0 saturated heterocycles. The average Bonchev–Trinajstić information content (AvgIpc) is 2.85. The molecule has 0 aliphatic rings. The van der Waals surface area contributed by atoms with Crippen LogP contribution in [-0.4, -0.2) is 17.6 Å². The van der Waals surface area contributed by atoms with Crippen LogP contribution in [-0.2, 0) is 6.42 Å². The summed E-state index contributed by atoms with van der Waals surface area (Å²) in [7, 11) is 0. The van der Waals surface area contributed by atoms with Crippen molar-refractivity contribution in [2.45, 2.75) is 39.2 Å². The van der Waals surface area contributed by atoms with Crippen molar-refractivity contribution in [2.75, 3.05) is 6.54 Å². The second-order valence-electron chi connectivity index (χ2n) is 5.40. The third-order valence-electron chi connectivity index (χ3n) is 3.11. The third-order valence-corrected chi connectivity index (χ3v) is 4.53. The third kappa shape index (κ3) is 4.43. The molecule has 1 aromatic carbocycles. The van der Waals surface area contributed by atoms with E-state index in [1.165, 1.54) is 0 Å². The fourth-order valence-electron chi connectivity index (χ4n) is 2.14. The van der Waals surface area contributed by atoms with Gasteiger partial charge in [0.15, 0.2) is 0 Å². The van der Waals surface area contributed by atoms with Crippen LogP contribution in [0, 0.1) is 6.92 Å². The number of hydrogen-bond donors (Lipinski definition) is 1. The highest BCUT2D eigenvalue weighted by atomic mass is 35.5. The van der Waals surface area contributed by atoms with Crippen LogP contribution in [0.1, 0.15) is 36.0 Å². The van der Waals surface area contributed by atoms with Gasteiger partial charge < -0.3 is 10.5 Å². The van der Waals surface area contributed by atoms with Crippen molar-refractivity contribution >= 4 is 22.9 Å². The first-order valence-electron chi connectivity index (χ1n) is 7.06. The van der Waals surface area contributed by atoms with Gasteiger partial charge in [-0.15, -0.1) is 11.3 Å². The molecule has 2 rings (SSSR count). The van der Waals surface area contributed by atoms with E-state index in [1.807, 2.05) is 39.0 Å². The van der Waals surface area contributed by atoms with Gasteiger partial charge in [-0.3, -0.25) is 0 Å². The normalized spacial score (nSPS) is 12.7. The van der Waals surface area contributed by atoms with Gasteiger partial charge in [0, 0.05) is 23.5 Å². The van der Waals surface area contributed by atoms with Gasteiger partial charge >= 0.3 is 0 Å². The Bertz CT molecular complexity index is 598. The number of halogens is 1. The number of nitrogens with zero attached hydrogens (tertiary/aromatic N) is 1. The number of benzene rings is 1. The van der Waals surface area contributed by atoms with Crippen LogP contribution in [0.2, 0.25) is 5.02 Å². The van der Waals surface area contributed by atoms with Crippen LogP contribution >= 0.6 is 22.9 Å². The van der Waals surface area contributed by atoms with Crippen molar-refractivity contribution in [3.63, 3.8) is 0 Å². The summed E-state index contributed by atoms with van der Waals surface area (Å²) >= 11 is 7.95. The largest absolute Gasteiger partial charge is 0.489 e. The van der Waals surface area contributed by atoms with Gasteiger partial charge in [0.2, 0.25) is 0 Å². The molecule has 2 N–H and O–H groups in total. The SMILES string of the molecule is Cc1csc(C(CN)Cc2ccc(OC(C)C)c(Cl)c2)n1. The number of aromatic nitrogens is 1. The first-order chi connectivity index (χ1) is 9.99.